The molecule has 3 rings (SSSR count). The molecule has 0 atom stereocenters. The Morgan fingerprint density at radius 1 is 0.912 bits per heavy atom. The van der Waals surface area contributed by atoms with Crippen molar-refractivity contribution in [2.24, 2.45) is 0 Å². The molecule has 0 spiro atoms. The van der Waals surface area contributed by atoms with Crippen molar-refractivity contribution in [3.63, 3.8) is 0 Å². The van der Waals surface area contributed by atoms with Crippen LogP contribution in [0.5, 0.6) is 11.5 Å². The fourth-order valence-corrected chi connectivity index (χ4v) is 3.68. The molecule has 1 aliphatic heterocycles. The van der Waals surface area contributed by atoms with Crippen LogP contribution in [-0.4, -0.2) is 67.7 Å². The number of ether oxygens (including phenoxy) is 3. The van der Waals surface area contributed by atoms with Gasteiger partial charge in [0.1, 0.15) is 11.5 Å². The highest BCUT2D eigenvalue weighted by Crippen LogP contribution is 2.26. The van der Waals surface area contributed by atoms with Gasteiger partial charge in [0.05, 0.1) is 32.0 Å². The van der Waals surface area contributed by atoms with E-state index in [1.165, 1.54) is 7.11 Å². The number of piperazine rings is 1. The van der Waals surface area contributed by atoms with Crippen LogP contribution in [0.2, 0.25) is 0 Å². The summed E-state index contributed by atoms with van der Waals surface area (Å²) >= 11 is 0. The van der Waals surface area contributed by atoms with Crippen LogP contribution in [0.15, 0.2) is 42.5 Å². The number of carbonyl (C=O) groups excluding carboxylic acids is 2. The molecule has 2 aromatic rings. The molecule has 0 saturated carbocycles. The van der Waals surface area contributed by atoms with E-state index in [0.717, 1.165) is 11.1 Å². The minimum absolute atomic E-state index is 0.117. The molecular weight excluding hydrogens is 434 g/mol. The maximum absolute atomic E-state index is 13.0. The van der Waals surface area contributed by atoms with E-state index in [9.17, 15) is 9.59 Å². The minimum atomic E-state index is -0.202. The molecule has 184 valence electrons. The van der Waals surface area contributed by atoms with E-state index >= 15 is 0 Å². The number of hydrogen-bond donors (Lipinski definition) is 1. The third-order valence-electron chi connectivity index (χ3n) is 5.60. The molecule has 0 aromatic heterocycles. The van der Waals surface area contributed by atoms with Gasteiger partial charge in [-0.1, -0.05) is 24.3 Å². The predicted octanol–water partition coefficient (Wildman–Crippen LogP) is 3.69. The van der Waals surface area contributed by atoms with E-state index in [2.05, 4.69) is 5.32 Å². The molecule has 1 fully saturated rings. The number of methoxy groups -OCH3 is 2. The standard InChI is InChI=1S/C26H35N3O5/c1-26(2,3)34-18-20-8-6-7-19(15-20)17-27-25(31)29-13-11-28(12-14-29)24(30)22-10-9-21(32-4)16-23(22)33-5/h6-10,15-16H,11-14,17-18H2,1-5H3,(H,27,31). The van der Waals surface area contributed by atoms with Crippen molar-refractivity contribution in [1.82, 2.24) is 15.1 Å². The zero-order valence-electron chi connectivity index (χ0n) is 20.7. The summed E-state index contributed by atoms with van der Waals surface area (Å²) in [6.07, 6.45) is 0. The Balaban J connectivity index is 1.50. The number of nitrogens with one attached hydrogen (secondary N) is 1. The Kier molecular flexibility index (Phi) is 8.39. The lowest BCUT2D eigenvalue weighted by Crippen LogP contribution is -2.53. The first-order valence-corrected chi connectivity index (χ1v) is 11.5. The quantitative estimate of drug-likeness (QED) is 0.669. The molecule has 1 aliphatic rings. The van der Waals surface area contributed by atoms with Gasteiger partial charge < -0.3 is 29.3 Å². The molecule has 3 amide bonds. The summed E-state index contributed by atoms with van der Waals surface area (Å²) in [5.41, 5.74) is 2.37. The molecule has 1 N–H and O–H groups in total. The first-order valence-electron chi connectivity index (χ1n) is 11.5. The third kappa shape index (κ3) is 6.87. The average Bonchev–Trinajstić information content (AvgIpc) is 2.85. The highest BCUT2D eigenvalue weighted by Gasteiger charge is 2.26. The van der Waals surface area contributed by atoms with Crippen LogP contribution >= 0.6 is 0 Å². The molecule has 8 nitrogen and oxygen atoms in total. The van der Waals surface area contributed by atoms with Gasteiger partial charge in [0, 0.05) is 38.8 Å². The largest absolute Gasteiger partial charge is 0.497 e. The highest BCUT2D eigenvalue weighted by atomic mass is 16.5. The van der Waals surface area contributed by atoms with Crippen molar-refractivity contribution in [3.05, 3.63) is 59.2 Å². The maximum Gasteiger partial charge on any atom is 0.317 e. The molecule has 0 bridgehead atoms. The number of rotatable bonds is 7. The number of amides is 3. The summed E-state index contributed by atoms with van der Waals surface area (Å²) in [5, 5.41) is 2.98. The van der Waals surface area contributed by atoms with Crippen molar-refractivity contribution in [2.75, 3.05) is 40.4 Å². The Bertz CT molecular complexity index is 994. The normalized spacial score (nSPS) is 14.0. The lowest BCUT2D eigenvalue weighted by molar-refractivity contribution is -0.0149. The van der Waals surface area contributed by atoms with Gasteiger partial charge in [0.25, 0.3) is 5.91 Å². The average molecular weight is 470 g/mol. The van der Waals surface area contributed by atoms with Gasteiger partial charge in [0.2, 0.25) is 0 Å². The summed E-state index contributed by atoms with van der Waals surface area (Å²) in [6.45, 7) is 8.89. The zero-order chi connectivity index (χ0) is 24.7. The predicted molar refractivity (Wildman–Crippen MR) is 130 cm³/mol. The van der Waals surface area contributed by atoms with Gasteiger partial charge in [-0.25, -0.2) is 4.79 Å². The lowest BCUT2D eigenvalue weighted by atomic mass is 10.1. The van der Waals surface area contributed by atoms with E-state index in [4.69, 9.17) is 14.2 Å². The Morgan fingerprint density at radius 3 is 2.24 bits per heavy atom. The minimum Gasteiger partial charge on any atom is -0.497 e. The summed E-state index contributed by atoms with van der Waals surface area (Å²) in [4.78, 5) is 29.2. The van der Waals surface area contributed by atoms with Crippen LogP contribution in [0.25, 0.3) is 0 Å². The van der Waals surface area contributed by atoms with Gasteiger partial charge in [0.15, 0.2) is 0 Å². The van der Waals surface area contributed by atoms with Gasteiger partial charge in [-0.15, -0.1) is 0 Å². The van der Waals surface area contributed by atoms with Crippen LogP contribution in [0.3, 0.4) is 0 Å². The monoisotopic (exact) mass is 469 g/mol. The SMILES string of the molecule is COc1ccc(C(=O)N2CCN(C(=O)NCc3cccc(COC(C)(C)C)c3)CC2)c(OC)c1. The molecule has 1 heterocycles. The number of carbonyl (C=O) groups is 2. The fraction of sp³-hybridized carbons (Fsp3) is 0.462. The molecule has 0 unspecified atom stereocenters. The van der Waals surface area contributed by atoms with E-state index in [1.54, 1.807) is 35.1 Å². The van der Waals surface area contributed by atoms with Crippen molar-refractivity contribution in [1.29, 1.82) is 0 Å². The molecule has 1 saturated heterocycles. The summed E-state index contributed by atoms with van der Waals surface area (Å²) in [6, 6.07) is 13.0. The molecule has 2 aromatic carbocycles. The second-order valence-corrected chi connectivity index (χ2v) is 9.23. The molecule has 0 radical (unpaired) electrons. The van der Waals surface area contributed by atoms with Crippen molar-refractivity contribution in [2.45, 2.75) is 39.5 Å². The highest BCUT2D eigenvalue weighted by molar-refractivity contribution is 5.97. The number of benzene rings is 2. The Hall–Kier alpha value is -3.26. The zero-order valence-corrected chi connectivity index (χ0v) is 20.7. The van der Waals surface area contributed by atoms with Gasteiger partial charge in [-0.05, 0) is 44.0 Å². The van der Waals surface area contributed by atoms with Gasteiger partial charge in [-0.2, -0.15) is 0 Å². The van der Waals surface area contributed by atoms with Crippen LogP contribution < -0.4 is 14.8 Å². The second-order valence-electron chi connectivity index (χ2n) is 9.23. The Labute approximate surface area is 201 Å². The van der Waals surface area contributed by atoms with Gasteiger partial charge in [-0.3, -0.25) is 4.79 Å². The second kappa shape index (κ2) is 11.2. The molecule has 0 aliphatic carbocycles. The van der Waals surface area contributed by atoms with E-state index in [-0.39, 0.29) is 17.5 Å². The van der Waals surface area contributed by atoms with Crippen LogP contribution in [0.4, 0.5) is 4.79 Å². The smallest absolute Gasteiger partial charge is 0.317 e. The number of nitrogens with zero attached hydrogens (tertiary/aromatic N) is 2. The van der Waals surface area contributed by atoms with E-state index in [0.29, 0.717) is 56.4 Å². The molecular formula is C26H35N3O5. The van der Waals surface area contributed by atoms with Crippen LogP contribution in [0, 0.1) is 0 Å². The number of urea groups is 1. The maximum atomic E-state index is 13.0. The van der Waals surface area contributed by atoms with Gasteiger partial charge >= 0.3 is 6.03 Å². The summed E-state index contributed by atoms with van der Waals surface area (Å²) < 4.78 is 16.4. The third-order valence-corrected chi connectivity index (χ3v) is 5.60. The van der Waals surface area contributed by atoms with Crippen molar-refractivity contribution < 1.29 is 23.8 Å². The van der Waals surface area contributed by atoms with E-state index < -0.39 is 0 Å². The first kappa shape index (κ1) is 25.4. The molecule has 34 heavy (non-hydrogen) atoms. The molecule has 8 heteroatoms. The van der Waals surface area contributed by atoms with Crippen LogP contribution in [0.1, 0.15) is 42.3 Å². The summed E-state index contributed by atoms with van der Waals surface area (Å²) in [5.74, 6) is 0.982. The van der Waals surface area contributed by atoms with Crippen molar-refractivity contribution in [3.8, 4) is 11.5 Å². The van der Waals surface area contributed by atoms with E-state index in [1.807, 2.05) is 45.0 Å². The fourth-order valence-electron chi connectivity index (χ4n) is 3.68. The first-order chi connectivity index (χ1) is 16.2. The lowest BCUT2D eigenvalue weighted by Gasteiger charge is -2.35. The Morgan fingerprint density at radius 2 is 1.59 bits per heavy atom. The number of hydrogen-bond acceptors (Lipinski definition) is 5. The summed E-state index contributed by atoms with van der Waals surface area (Å²) in [7, 11) is 3.10. The topological polar surface area (TPSA) is 80.3 Å². The van der Waals surface area contributed by atoms with Crippen LogP contribution in [-0.2, 0) is 17.9 Å². The van der Waals surface area contributed by atoms with Crippen molar-refractivity contribution >= 4 is 11.9 Å².